The lowest BCUT2D eigenvalue weighted by Gasteiger charge is -2.06. The average Bonchev–Trinajstić information content (AvgIpc) is 2.23. The molecule has 0 unspecified atom stereocenters. The minimum atomic E-state index is 0. The van der Waals surface area contributed by atoms with E-state index in [9.17, 15) is 0 Å². The molecule has 0 heterocycles. The molecular weight excluding hydrogens is 264 g/mol. The van der Waals surface area contributed by atoms with Gasteiger partial charge < -0.3 is 4.74 Å². The lowest BCUT2D eigenvalue weighted by atomic mass is 10.3. The molecule has 1 nitrogen and oxygen atoms in total. The van der Waals surface area contributed by atoms with Crippen molar-refractivity contribution in [3.05, 3.63) is 59.1 Å². The third-order valence-corrected chi connectivity index (χ3v) is 2.46. The maximum Gasteiger partial charge on any atom is 0.316 e. The molecule has 15 heavy (non-hydrogen) atoms. The molecule has 0 radical (unpaired) electrons. The Morgan fingerprint density at radius 2 is 1.40 bits per heavy atom. The van der Waals surface area contributed by atoms with E-state index in [-0.39, 0.29) is 23.1 Å². The predicted molar refractivity (Wildman–Crippen MR) is 69.2 cm³/mol. The van der Waals surface area contributed by atoms with Gasteiger partial charge in [-0.15, -0.1) is 0 Å². The number of para-hydroxylation sites is 2. The van der Waals surface area contributed by atoms with E-state index in [1.54, 1.807) is 0 Å². The topological polar surface area (TPSA) is 9.23 Å². The Kier molecular flexibility index (Phi) is 5.15. The first kappa shape index (κ1) is 12.6. The van der Waals surface area contributed by atoms with Crippen LogP contribution in [0.1, 0.15) is 0 Å². The standard InChI is InChI=1S/C12H9BrO.Mg.2H/c13-11-8-4-5-9-12(11)14-10-6-2-1-3-7-10;;;/h1-9H;;;. The summed E-state index contributed by atoms with van der Waals surface area (Å²) < 4.78 is 6.62. The number of ether oxygens (including phenoxy) is 1. The number of hydrogen-bond donors (Lipinski definition) is 0. The second kappa shape index (κ2) is 6.15. The predicted octanol–water partition coefficient (Wildman–Crippen LogP) is 3.33. The van der Waals surface area contributed by atoms with Crippen LogP contribution >= 0.6 is 15.9 Å². The van der Waals surface area contributed by atoms with Crippen molar-refractivity contribution in [2.24, 2.45) is 0 Å². The van der Waals surface area contributed by atoms with Gasteiger partial charge in [-0.3, -0.25) is 0 Å². The molecule has 0 fully saturated rings. The van der Waals surface area contributed by atoms with Gasteiger partial charge in [-0.25, -0.2) is 0 Å². The Labute approximate surface area is 114 Å². The highest BCUT2D eigenvalue weighted by Gasteiger charge is 1.99. The Hall–Kier alpha value is -0.514. The molecule has 0 bridgehead atoms. The highest BCUT2D eigenvalue weighted by atomic mass is 79.9. The van der Waals surface area contributed by atoms with E-state index in [1.165, 1.54) is 0 Å². The quantitative estimate of drug-likeness (QED) is 0.764. The van der Waals surface area contributed by atoms with Crippen molar-refractivity contribution in [3.63, 3.8) is 0 Å². The maximum absolute atomic E-state index is 5.66. The van der Waals surface area contributed by atoms with Gasteiger partial charge in [0.15, 0.2) is 0 Å². The van der Waals surface area contributed by atoms with Gasteiger partial charge in [0.2, 0.25) is 0 Å². The van der Waals surface area contributed by atoms with Crippen molar-refractivity contribution in [2.45, 2.75) is 0 Å². The first-order valence-electron chi connectivity index (χ1n) is 4.34. The van der Waals surface area contributed by atoms with Crippen LogP contribution in [-0.2, 0) is 0 Å². The van der Waals surface area contributed by atoms with Gasteiger partial charge in [-0.05, 0) is 40.2 Å². The van der Waals surface area contributed by atoms with E-state index in [0.29, 0.717) is 0 Å². The third kappa shape index (κ3) is 3.52. The molecule has 0 aliphatic rings. The first-order valence-corrected chi connectivity index (χ1v) is 5.13. The van der Waals surface area contributed by atoms with Crippen molar-refractivity contribution in [3.8, 4) is 11.5 Å². The summed E-state index contributed by atoms with van der Waals surface area (Å²) in [5, 5.41) is 0. The Morgan fingerprint density at radius 1 is 0.800 bits per heavy atom. The normalized spacial score (nSPS) is 9.13. The van der Waals surface area contributed by atoms with Gasteiger partial charge in [-0.1, -0.05) is 30.3 Å². The molecule has 74 valence electrons. The van der Waals surface area contributed by atoms with Crippen LogP contribution < -0.4 is 4.74 Å². The zero-order valence-electron chi connectivity index (χ0n) is 7.48. The first-order chi connectivity index (χ1) is 6.86. The molecule has 0 aliphatic carbocycles. The van der Waals surface area contributed by atoms with E-state index in [1.807, 2.05) is 54.6 Å². The molecule has 0 N–H and O–H groups in total. The van der Waals surface area contributed by atoms with Crippen molar-refractivity contribution in [1.82, 2.24) is 0 Å². The van der Waals surface area contributed by atoms with Crippen LogP contribution in [0.5, 0.6) is 11.5 Å². The molecular formula is C12H11BrMgO. The van der Waals surface area contributed by atoms with Crippen molar-refractivity contribution in [1.29, 1.82) is 0 Å². The van der Waals surface area contributed by atoms with Crippen LogP contribution in [0.4, 0.5) is 0 Å². The molecule has 0 aliphatic heterocycles. The molecule has 0 aromatic heterocycles. The molecule has 0 saturated carbocycles. The van der Waals surface area contributed by atoms with Crippen LogP contribution in [0, 0.1) is 0 Å². The van der Waals surface area contributed by atoms with Crippen molar-refractivity contribution in [2.75, 3.05) is 0 Å². The number of hydrogen-bond acceptors (Lipinski definition) is 1. The minimum absolute atomic E-state index is 0. The molecule has 2 rings (SSSR count). The van der Waals surface area contributed by atoms with Gasteiger partial charge in [0, 0.05) is 0 Å². The fourth-order valence-corrected chi connectivity index (χ4v) is 1.51. The van der Waals surface area contributed by atoms with Gasteiger partial charge in [0.05, 0.1) is 4.47 Å². The number of rotatable bonds is 2. The summed E-state index contributed by atoms with van der Waals surface area (Å²) in [6.45, 7) is 0. The minimum Gasteiger partial charge on any atom is -0.456 e. The summed E-state index contributed by atoms with van der Waals surface area (Å²) >= 11 is 3.43. The summed E-state index contributed by atoms with van der Waals surface area (Å²) in [7, 11) is 0. The van der Waals surface area contributed by atoms with Gasteiger partial charge >= 0.3 is 23.1 Å². The average molecular weight is 275 g/mol. The van der Waals surface area contributed by atoms with E-state index < -0.39 is 0 Å². The monoisotopic (exact) mass is 274 g/mol. The Morgan fingerprint density at radius 3 is 2.07 bits per heavy atom. The van der Waals surface area contributed by atoms with E-state index in [4.69, 9.17) is 4.74 Å². The summed E-state index contributed by atoms with van der Waals surface area (Å²) in [4.78, 5) is 0. The van der Waals surface area contributed by atoms with Gasteiger partial charge in [0.1, 0.15) is 11.5 Å². The van der Waals surface area contributed by atoms with Crippen LogP contribution in [0.2, 0.25) is 0 Å². The highest BCUT2D eigenvalue weighted by molar-refractivity contribution is 9.10. The SMILES string of the molecule is Brc1ccccc1Oc1ccccc1.[MgH2]. The molecule has 0 atom stereocenters. The second-order valence-corrected chi connectivity index (χ2v) is 3.70. The van der Waals surface area contributed by atoms with E-state index in [0.717, 1.165) is 16.0 Å². The molecule has 0 spiro atoms. The number of benzene rings is 2. The molecule has 2 aromatic carbocycles. The fourth-order valence-electron chi connectivity index (χ4n) is 1.14. The Balaban J connectivity index is 0.00000112. The molecule has 2 aromatic rings. The zero-order chi connectivity index (χ0) is 9.80. The van der Waals surface area contributed by atoms with Gasteiger partial charge in [0.25, 0.3) is 0 Å². The fraction of sp³-hybridized carbons (Fsp3) is 0. The molecule has 0 amide bonds. The van der Waals surface area contributed by atoms with Gasteiger partial charge in [-0.2, -0.15) is 0 Å². The van der Waals surface area contributed by atoms with Crippen LogP contribution in [0.15, 0.2) is 59.1 Å². The lowest BCUT2D eigenvalue weighted by Crippen LogP contribution is -1.83. The third-order valence-electron chi connectivity index (χ3n) is 1.81. The summed E-state index contributed by atoms with van der Waals surface area (Å²) in [6, 6.07) is 17.5. The zero-order valence-corrected chi connectivity index (χ0v) is 9.07. The highest BCUT2D eigenvalue weighted by Crippen LogP contribution is 2.28. The van der Waals surface area contributed by atoms with E-state index in [2.05, 4.69) is 15.9 Å². The van der Waals surface area contributed by atoms with Crippen LogP contribution in [0.3, 0.4) is 0 Å². The second-order valence-electron chi connectivity index (χ2n) is 2.85. The summed E-state index contributed by atoms with van der Waals surface area (Å²) in [5.74, 6) is 1.68. The van der Waals surface area contributed by atoms with Crippen LogP contribution in [-0.4, -0.2) is 23.1 Å². The summed E-state index contributed by atoms with van der Waals surface area (Å²) in [6.07, 6.45) is 0. The Bertz CT molecular complexity index is 417. The van der Waals surface area contributed by atoms with Crippen LogP contribution in [0.25, 0.3) is 0 Å². The summed E-state index contributed by atoms with van der Waals surface area (Å²) in [5.41, 5.74) is 0. The van der Waals surface area contributed by atoms with Crippen molar-refractivity contribution >= 4 is 39.0 Å². The largest absolute Gasteiger partial charge is 0.456 e. The molecule has 0 saturated heterocycles. The van der Waals surface area contributed by atoms with E-state index >= 15 is 0 Å². The van der Waals surface area contributed by atoms with Crippen molar-refractivity contribution < 1.29 is 4.74 Å². The number of halogens is 1. The molecule has 3 heteroatoms. The maximum atomic E-state index is 5.66. The smallest absolute Gasteiger partial charge is 0.316 e. The lowest BCUT2D eigenvalue weighted by molar-refractivity contribution is 0.479.